The maximum Gasteiger partial charge on any atom is 0.323 e. The van der Waals surface area contributed by atoms with Crippen LogP contribution in [-0.4, -0.2) is 59.4 Å². The number of aromatic hydroxyl groups is 1. The normalized spacial score (nSPS) is 17.8. The Kier molecular flexibility index (Phi) is 5.34. The van der Waals surface area contributed by atoms with Crippen LogP contribution < -0.4 is 10.1 Å². The third-order valence-electron chi connectivity index (χ3n) is 6.31. The topological polar surface area (TPSA) is 96.8 Å². The molecule has 1 aromatic carbocycles. The Balaban J connectivity index is 1.44. The average Bonchev–Trinajstić information content (AvgIpc) is 3.40. The Labute approximate surface area is 188 Å². The van der Waals surface area contributed by atoms with Gasteiger partial charge in [0.05, 0.1) is 11.8 Å². The Morgan fingerprint density at radius 2 is 2.12 bits per heavy atom. The van der Waals surface area contributed by atoms with E-state index in [4.69, 9.17) is 9.47 Å². The van der Waals surface area contributed by atoms with Crippen molar-refractivity contribution < 1.29 is 23.8 Å². The smallest absolute Gasteiger partial charge is 0.323 e. The van der Waals surface area contributed by atoms with Crippen LogP contribution in [0.25, 0.3) is 21.3 Å². The van der Waals surface area contributed by atoms with Gasteiger partial charge in [0.15, 0.2) is 5.13 Å². The highest BCUT2D eigenvalue weighted by molar-refractivity contribution is 7.23. The number of anilines is 1. The number of halogens is 1. The number of benzene rings is 1. The van der Waals surface area contributed by atoms with E-state index < -0.39 is 5.82 Å². The summed E-state index contributed by atoms with van der Waals surface area (Å²) in [6.07, 6.45) is 4.40. The summed E-state index contributed by atoms with van der Waals surface area (Å²) >= 11 is 1.22. The number of ether oxygens (including phenoxy) is 2. The molecule has 5 rings (SSSR count). The van der Waals surface area contributed by atoms with Gasteiger partial charge in [-0.1, -0.05) is 11.3 Å². The van der Waals surface area contributed by atoms with Gasteiger partial charge in [-0.3, -0.25) is 5.32 Å². The summed E-state index contributed by atoms with van der Waals surface area (Å²) in [5.41, 5.74) is 1.24. The molecule has 4 heterocycles. The fourth-order valence-electron chi connectivity index (χ4n) is 4.50. The number of phenolic OH excluding ortho intramolecular Hbond substituents is 1. The summed E-state index contributed by atoms with van der Waals surface area (Å²) in [6, 6.07) is 3.62. The fraction of sp³-hybridized carbons (Fsp3) is 0.409. The van der Waals surface area contributed by atoms with E-state index in [0.29, 0.717) is 34.0 Å². The van der Waals surface area contributed by atoms with Crippen molar-refractivity contribution in [2.75, 3.05) is 38.7 Å². The van der Waals surface area contributed by atoms with Crippen LogP contribution in [0.1, 0.15) is 19.3 Å². The van der Waals surface area contributed by atoms with Crippen LogP contribution in [0, 0.1) is 11.2 Å². The summed E-state index contributed by atoms with van der Waals surface area (Å²) in [5.74, 6) is -0.267. The quantitative estimate of drug-likeness (QED) is 0.609. The molecule has 2 aromatic heterocycles. The molecule has 2 fully saturated rings. The van der Waals surface area contributed by atoms with Crippen molar-refractivity contribution in [3.8, 4) is 22.8 Å². The average molecular weight is 459 g/mol. The zero-order valence-corrected chi connectivity index (χ0v) is 18.4. The minimum Gasteiger partial charge on any atom is -0.508 e. The molecule has 2 N–H and O–H groups in total. The first kappa shape index (κ1) is 20.9. The lowest BCUT2D eigenvalue weighted by Gasteiger charge is -2.33. The molecule has 0 bridgehead atoms. The molecule has 32 heavy (non-hydrogen) atoms. The SMILES string of the molecule is COc1ncc(-c2cc(O)ccc2F)c2sc(NC(=O)N3CCC4(CCOCC4)C3)nc12. The van der Waals surface area contributed by atoms with Gasteiger partial charge < -0.3 is 19.5 Å². The second kappa shape index (κ2) is 8.18. The van der Waals surface area contributed by atoms with Crippen molar-refractivity contribution in [1.82, 2.24) is 14.9 Å². The summed E-state index contributed by atoms with van der Waals surface area (Å²) in [7, 11) is 1.48. The highest BCUT2D eigenvalue weighted by Gasteiger charge is 2.41. The third kappa shape index (κ3) is 3.73. The van der Waals surface area contributed by atoms with Gasteiger partial charge in [-0.2, -0.15) is 0 Å². The van der Waals surface area contributed by atoms with E-state index in [0.717, 1.165) is 32.5 Å². The number of hydrogen-bond donors (Lipinski definition) is 2. The number of methoxy groups -OCH3 is 1. The summed E-state index contributed by atoms with van der Waals surface area (Å²) in [4.78, 5) is 23.5. The number of fused-ring (bicyclic) bond motifs is 1. The number of pyridine rings is 1. The van der Waals surface area contributed by atoms with Gasteiger partial charge in [0, 0.05) is 43.6 Å². The number of nitrogens with one attached hydrogen (secondary N) is 1. The predicted molar refractivity (Wildman–Crippen MR) is 119 cm³/mol. The molecular formula is C22H23FN4O4S. The lowest BCUT2D eigenvalue weighted by atomic mass is 9.80. The van der Waals surface area contributed by atoms with Gasteiger partial charge in [-0.25, -0.2) is 19.2 Å². The number of carbonyl (C=O) groups is 1. The van der Waals surface area contributed by atoms with E-state index in [1.165, 1.54) is 42.8 Å². The van der Waals surface area contributed by atoms with Gasteiger partial charge in [-0.15, -0.1) is 0 Å². The van der Waals surface area contributed by atoms with Crippen LogP contribution >= 0.6 is 11.3 Å². The Bertz CT molecular complexity index is 1180. The molecule has 0 unspecified atom stereocenters. The van der Waals surface area contributed by atoms with Gasteiger partial charge >= 0.3 is 6.03 Å². The van der Waals surface area contributed by atoms with Crippen LogP contribution in [0.4, 0.5) is 14.3 Å². The molecule has 0 atom stereocenters. The zero-order chi connectivity index (χ0) is 22.3. The molecule has 3 aromatic rings. The molecule has 10 heteroatoms. The number of hydrogen-bond acceptors (Lipinski definition) is 7. The molecule has 0 aliphatic carbocycles. The van der Waals surface area contributed by atoms with Crippen molar-refractivity contribution in [2.45, 2.75) is 19.3 Å². The van der Waals surface area contributed by atoms with Crippen molar-refractivity contribution in [3.05, 3.63) is 30.2 Å². The van der Waals surface area contributed by atoms with Crippen molar-refractivity contribution in [2.24, 2.45) is 5.41 Å². The highest BCUT2D eigenvalue weighted by Crippen LogP contribution is 2.42. The number of carbonyl (C=O) groups excluding carboxylic acids is 1. The van der Waals surface area contributed by atoms with Gasteiger partial charge in [-0.05, 0) is 42.9 Å². The first-order valence-electron chi connectivity index (χ1n) is 10.4. The number of thiazole rings is 1. The molecule has 0 saturated carbocycles. The highest BCUT2D eigenvalue weighted by atomic mass is 32.1. The number of amides is 2. The molecule has 2 saturated heterocycles. The maximum atomic E-state index is 14.5. The zero-order valence-electron chi connectivity index (χ0n) is 17.6. The van der Waals surface area contributed by atoms with Gasteiger partial charge in [0.25, 0.3) is 0 Å². The third-order valence-corrected chi connectivity index (χ3v) is 7.32. The molecular weight excluding hydrogens is 435 g/mol. The number of phenols is 1. The largest absolute Gasteiger partial charge is 0.508 e. The molecule has 1 spiro atoms. The molecule has 8 nitrogen and oxygen atoms in total. The van der Waals surface area contributed by atoms with Crippen LogP contribution in [0.15, 0.2) is 24.4 Å². The van der Waals surface area contributed by atoms with Crippen LogP contribution in [0.5, 0.6) is 11.6 Å². The number of likely N-dealkylation sites (tertiary alicyclic amines) is 1. The molecule has 168 valence electrons. The van der Waals surface area contributed by atoms with E-state index in [9.17, 15) is 14.3 Å². The first-order chi connectivity index (χ1) is 15.5. The molecule has 2 amide bonds. The number of rotatable bonds is 3. The van der Waals surface area contributed by atoms with E-state index >= 15 is 0 Å². The Morgan fingerprint density at radius 3 is 2.91 bits per heavy atom. The van der Waals surface area contributed by atoms with Crippen LogP contribution in [-0.2, 0) is 4.74 Å². The monoisotopic (exact) mass is 458 g/mol. The Morgan fingerprint density at radius 1 is 1.31 bits per heavy atom. The van der Waals surface area contributed by atoms with Crippen LogP contribution in [0.2, 0.25) is 0 Å². The summed E-state index contributed by atoms with van der Waals surface area (Å²) < 4.78 is 25.9. The van der Waals surface area contributed by atoms with Crippen molar-refractivity contribution in [1.29, 1.82) is 0 Å². The number of aromatic nitrogens is 2. The van der Waals surface area contributed by atoms with Crippen molar-refractivity contribution in [3.63, 3.8) is 0 Å². The van der Waals surface area contributed by atoms with Gasteiger partial charge in [0.2, 0.25) is 5.88 Å². The van der Waals surface area contributed by atoms with Gasteiger partial charge in [0.1, 0.15) is 17.1 Å². The number of nitrogens with zero attached hydrogens (tertiary/aromatic N) is 3. The standard InChI is InChI=1S/C22H23FN4O4S/c1-30-19-17-18(15(11-24-19)14-10-13(28)2-3-16(14)23)32-20(25-17)26-21(29)27-7-4-22(12-27)5-8-31-9-6-22/h2-3,10-11,28H,4-9,12H2,1H3,(H,25,26,29). The van der Waals surface area contributed by atoms with Crippen LogP contribution in [0.3, 0.4) is 0 Å². The lowest BCUT2D eigenvalue weighted by Crippen LogP contribution is -2.37. The molecule has 2 aliphatic rings. The molecule has 2 aliphatic heterocycles. The minimum atomic E-state index is -0.492. The molecule has 0 radical (unpaired) electrons. The van der Waals surface area contributed by atoms with Crippen molar-refractivity contribution >= 4 is 32.7 Å². The fourth-order valence-corrected chi connectivity index (χ4v) is 5.47. The van der Waals surface area contributed by atoms with E-state index in [-0.39, 0.29) is 28.6 Å². The predicted octanol–water partition coefficient (Wildman–Crippen LogP) is 4.25. The van der Waals surface area contributed by atoms with E-state index in [1.54, 1.807) is 0 Å². The van der Waals surface area contributed by atoms with E-state index in [2.05, 4.69) is 15.3 Å². The maximum absolute atomic E-state index is 14.5. The summed E-state index contributed by atoms with van der Waals surface area (Å²) in [5, 5.41) is 13.1. The first-order valence-corrected chi connectivity index (χ1v) is 11.3. The second-order valence-electron chi connectivity index (χ2n) is 8.26. The minimum absolute atomic E-state index is 0.0560. The Hall–Kier alpha value is -2.98. The number of urea groups is 1. The van der Waals surface area contributed by atoms with E-state index in [1.807, 2.05) is 4.90 Å². The lowest BCUT2D eigenvalue weighted by molar-refractivity contribution is 0.0211. The summed E-state index contributed by atoms with van der Waals surface area (Å²) in [6.45, 7) is 2.89. The second-order valence-corrected chi connectivity index (χ2v) is 9.26.